The first kappa shape index (κ1) is 30.4. The summed E-state index contributed by atoms with van der Waals surface area (Å²) in [6, 6.07) is 42.8. The molecule has 0 bridgehead atoms. The zero-order valence-corrected chi connectivity index (χ0v) is 26.1. The fourth-order valence-electron chi connectivity index (χ4n) is 6.46. The van der Waals surface area contributed by atoms with Gasteiger partial charge in [0.15, 0.2) is 0 Å². The number of alkyl halides is 3. The van der Waals surface area contributed by atoms with Crippen molar-refractivity contribution >= 4 is 32.7 Å². The van der Waals surface area contributed by atoms with Crippen molar-refractivity contribution in [2.45, 2.75) is 6.18 Å². The van der Waals surface area contributed by atoms with Gasteiger partial charge in [0.1, 0.15) is 0 Å². The first-order valence-electron chi connectivity index (χ1n) is 15.6. The molecule has 0 amide bonds. The van der Waals surface area contributed by atoms with E-state index in [1.165, 1.54) is 6.07 Å². The van der Waals surface area contributed by atoms with Gasteiger partial charge in [-0.25, -0.2) is 15.0 Å². The Bertz CT molecular complexity index is 2680. The average molecular weight is 654 g/mol. The van der Waals surface area contributed by atoms with E-state index < -0.39 is 11.7 Å². The molecule has 5 nitrogen and oxygen atoms in total. The number of para-hydroxylation sites is 1. The third-order valence-electron chi connectivity index (χ3n) is 8.66. The predicted octanol–water partition coefficient (Wildman–Crippen LogP) is 10.8. The molecule has 0 unspecified atom stereocenters. The van der Waals surface area contributed by atoms with Crippen molar-refractivity contribution in [2.24, 2.45) is 0 Å². The maximum Gasteiger partial charge on any atom is 0.417 e. The van der Waals surface area contributed by atoms with Crippen LogP contribution in [0.5, 0.6) is 0 Å². The van der Waals surface area contributed by atoms with Crippen LogP contribution >= 0.6 is 0 Å². The number of aromatic nitrogens is 3. The second-order valence-corrected chi connectivity index (χ2v) is 11.8. The van der Waals surface area contributed by atoms with Gasteiger partial charge in [-0.3, -0.25) is 0 Å². The molecule has 0 aliphatic rings. The van der Waals surface area contributed by atoms with Crippen LogP contribution in [0.2, 0.25) is 0 Å². The average Bonchev–Trinajstić information content (AvgIpc) is 3.16. The Morgan fingerprint density at radius 1 is 0.460 bits per heavy atom. The van der Waals surface area contributed by atoms with Crippen molar-refractivity contribution < 1.29 is 13.2 Å². The number of hydrogen-bond acceptors (Lipinski definition) is 5. The molecule has 2 heterocycles. The van der Waals surface area contributed by atoms with Gasteiger partial charge in [0.2, 0.25) is 0 Å². The molecule has 0 fully saturated rings. The van der Waals surface area contributed by atoms with Gasteiger partial charge in [-0.15, -0.1) is 0 Å². The summed E-state index contributed by atoms with van der Waals surface area (Å²) >= 11 is 0. The highest BCUT2D eigenvalue weighted by atomic mass is 19.4. The number of halogens is 3. The molecule has 0 spiro atoms. The SMILES string of the molecule is N#Cc1cc(C#N)cc(-c2cccc(-c3nc4ccccc4c4c3c(C(F)(F)F)cc3nc(-c5ccccc5)c(-c5ccccc5)nc34)c2)c1. The van der Waals surface area contributed by atoms with Crippen LogP contribution in [-0.4, -0.2) is 15.0 Å². The second-order valence-electron chi connectivity index (χ2n) is 11.8. The molecule has 0 N–H and O–H groups in total. The zero-order chi connectivity index (χ0) is 34.4. The monoisotopic (exact) mass is 653 g/mol. The van der Waals surface area contributed by atoms with Crippen LogP contribution in [0.3, 0.4) is 0 Å². The standard InChI is InChI=1S/C42H22F3N5/c43-42(44,45)33-22-35-41(50-40(28-12-5-2-6-13-28)39(49-35)27-10-3-1-4-11-27)36-32-16-7-8-17-34(32)48-38(37(33)36)30-15-9-14-29(21-30)31-19-25(23-46)18-26(20-31)24-47/h1-22H. The number of hydrogen-bond donors (Lipinski definition) is 0. The summed E-state index contributed by atoms with van der Waals surface area (Å²) in [6.07, 6.45) is -4.77. The minimum absolute atomic E-state index is 0.0925. The van der Waals surface area contributed by atoms with Gasteiger partial charge in [-0.1, -0.05) is 97.1 Å². The first-order chi connectivity index (χ1) is 24.3. The van der Waals surface area contributed by atoms with Crippen LogP contribution in [0, 0.1) is 22.7 Å². The Balaban J connectivity index is 1.51. The van der Waals surface area contributed by atoms with E-state index in [0.717, 1.165) is 17.2 Å². The summed E-state index contributed by atoms with van der Waals surface area (Å²) in [5.74, 6) is 0. The largest absolute Gasteiger partial charge is 0.417 e. The minimum atomic E-state index is -4.77. The molecular formula is C42H22F3N5. The molecule has 0 saturated carbocycles. The van der Waals surface area contributed by atoms with Crippen molar-refractivity contribution in [2.75, 3.05) is 0 Å². The fraction of sp³-hybridized carbons (Fsp3) is 0.0238. The van der Waals surface area contributed by atoms with Gasteiger partial charge in [-0.05, 0) is 47.5 Å². The predicted molar refractivity (Wildman–Crippen MR) is 189 cm³/mol. The first-order valence-corrected chi connectivity index (χ1v) is 15.6. The lowest BCUT2D eigenvalue weighted by molar-refractivity contribution is -0.136. The molecule has 8 aromatic rings. The van der Waals surface area contributed by atoms with Crippen LogP contribution in [0.15, 0.2) is 133 Å². The lowest BCUT2D eigenvalue weighted by Crippen LogP contribution is -2.09. The molecule has 2 aromatic heterocycles. The Hall–Kier alpha value is -6.90. The lowest BCUT2D eigenvalue weighted by Gasteiger charge is -2.19. The molecule has 0 radical (unpaired) electrons. The third-order valence-corrected chi connectivity index (χ3v) is 8.66. The number of nitriles is 2. The van der Waals surface area contributed by atoms with E-state index in [4.69, 9.17) is 15.0 Å². The summed E-state index contributed by atoms with van der Waals surface area (Å²) in [6.45, 7) is 0. The van der Waals surface area contributed by atoms with Gasteiger partial charge < -0.3 is 0 Å². The Morgan fingerprint density at radius 3 is 1.66 bits per heavy atom. The molecule has 236 valence electrons. The van der Waals surface area contributed by atoms with Crippen molar-refractivity contribution in [3.63, 3.8) is 0 Å². The number of pyridine rings is 1. The van der Waals surface area contributed by atoms with Crippen molar-refractivity contribution in [1.82, 2.24) is 15.0 Å². The van der Waals surface area contributed by atoms with Crippen molar-refractivity contribution in [3.05, 3.63) is 150 Å². The second kappa shape index (κ2) is 12.0. The molecule has 6 aromatic carbocycles. The topological polar surface area (TPSA) is 86.2 Å². The van der Waals surface area contributed by atoms with Crippen molar-refractivity contribution in [1.29, 1.82) is 10.5 Å². The summed E-state index contributed by atoms with van der Waals surface area (Å²) in [5, 5.41) is 19.8. The van der Waals surface area contributed by atoms with E-state index in [9.17, 15) is 10.5 Å². The Kier molecular flexibility index (Phi) is 7.28. The highest BCUT2D eigenvalue weighted by molar-refractivity contribution is 6.22. The van der Waals surface area contributed by atoms with Crippen LogP contribution in [0.4, 0.5) is 13.2 Å². The summed E-state index contributed by atoms with van der Waals surface area (Å²) in [4.78, 5) is 14.9. The normalized spacial score (nSPS) is 11.5. The van der Waals surface area contributed by atoms with E-state index in [2.05, 4.69) is 12.1 Å². The number of fused-ring (bicyclic) bond motifs is 5. The smallest absolute Gasteiger partial charge is 0.247 e. The summed E-state index contributed by atoms with van der Waals surface area (Å²) in [7, 11) is 0. The van der Waals surface area contributed by atoms with Gasteiger partial charge in [0, 0.05) is 32.8 Å². The summed E-state index contributed by atoms with van der Waals surface area (Å²) < 4.78 is 45.8. The number of rotatable bonds is 4. The molecule has 8 rings (SSSR count). The minimum Gasteiger partial charge on any atom is -0.247 e. The van der Waals surface area contributed by atoms with E-state index in [1.54, 1.807) is 60.7 Å². The van der Waals surface area contributed by atoms with Gasteiger partial charge in [-0.2, -0.15) is 23.7 Å². The highest BCUT2D eigenvalue weighted by Crippen LogP contribution is 2.45. The third kappa shape index (κ3) is 5.26. The quantitative estimate of drug-likeness (QED) is 0.176. The Labute approximate surface area is 284 Å². The van der Waals surface area contributed by atoms with Gasteiger partial charge in [0.25, 0.3) is 0 Å². The molecule has 0 aliphatic carbocycles. The number of nitrogens with zero attached hydrogens (tertiary/aromatic N) is 5. The molecule has 0 aliphatic heterocycles. The van der Waals surface area contributed by atoms with Gasteiger partial charge in [0.05, 0.1) is 62.5 Å². The summed E-state index contributed by atoms with van der Waals surface area (Å²) in [5.41, 5.74) is 4.92. The maximum absolute atomic E-state index is 15.3. The van der Waals surface area contributed by atoms with Crippen LogP contribution in [0.1, 0.15) is 16.7 Å². The van der Waals surface area contributed by atoms with Crippen molar-refractivity contribution in [3.8, 4) is 57.0 Å². The van der Waals surface area contributed by atoms with Crippen LogP contribution < -0.4 is 0 Å². The molecule has 0 atom stereocenters. The molecule has 50 heavy (non-hydrogen) atoms. The molecular weight excluding hydrogens is 631 g/mol. The van der Waals surface area contributed by atoms with E-state index in [0.29, 0.717) is 61.0 Å². The van der Waals surface area contributed by atoms with Crippen LogP contribution in [-0.2, 0) is 6.18 Å². The number of benzene rings is 6. The van der Waals surface area contributed by atoms with E-state index in [-0.39, 0.29) is 16.6 Å². The highest BCUT2D eigenvalue weighted by Gasteiger charge is 2.36. The van der Waals surface area contributed by atoms with E-state index >= 15 is 13.2 Å². The van der Waals surface area contributed by atoms with Crippen LogP contribution in [0.25, 0.3) is 77.6 Å². The Morgan fingerprint density at radius 2 is 1.02 bits per heavy atom. The molecule has 8 heteroatoms. The fourth-order valence-corrected chi connectivity index (χ4v) is 6.46. The maximum atomic E-state index is 15.3. The van der Waals surface area contributed by atoms with Gasteiger partial charge >= 0.3 is 6.18 Å². The van der Waals surface area contributed by atoms with E-state index in [1.807, 2.05) is 60.7 Å². The zero-order valence-electron chi connectivity index (χ0n) is 26.1. The molecule has 0 saturated heterocycles. The lowest BCUT2D eigenvalue weighted by atomic mass is 9.92.